The Morgan fingerprint density at radius 2 is 2.21 bits per heavy atom. The maximum Gasteiger partial charge on any atom is 0.246 e. The van der Waals surface area contributed by atoms with E-state index in [1.807, 2.05) is 6.07 Å². The summed E-state index contributed by atoms with van der Waals surface area (Å²) >= 11 is 0. The second-order valence-electron chi connectivity index (χ2n) is 5.89. The molecule has 0 aromatic carbocycles. The van der Waals surface area contributed by atoms with Crippen molar-refractivity contribution in [1.29, 1.82) is 0 Å². The summed E-state index contributed by atoms with van der Waals surface area (Å²) < 4.78 is 16.2. The fourth-order valence-electron chi connectivity index (χ4n) is 2.75. The van der Waals surface area contributed by atoms with Crippen molar-refractivity contribution in [3.63, 3.8) is 0 Å². The molecule has 3 rings (SSSR count). The first-order valence-corrected chi connectivity index (χ1v) is 8.41. The number of anilines is 1. The van der Waals surface area contributed by atoms with Crippen molar-refractivity contribution >= 4 is 11.7 Å². The molecule has 1 N–H and O–H groups in total. The molecular formula is C16H24N4O4. The molecule has 1 aromatic heterocycles. The normalized spacial score (nSPS) is 21.0. The Bertz CT molecular complexity index is 531. The van der Waals surface area contributed by atoms with Crippen LogP contribution in [0.2, 0.25) is 0 Å². The summed E-state index contributed by atoms with van der Waals surface area (Å²) in [6, 6.07) is 1.90. The zero-order valence-corrected chi connectivity index (χ0v) is 13.8. The summed E-state index contributed by atoms with van der Waals surface area (Å²) in [6.45, 7) is 4.72. The lowest BCUT2D eigenvalue weighted by Gasteiger charge is -2.27. The lowest BCUT2D eigenvalue weighted by atomic mass is 10.2. The van der Waals surface area contributed by atoms with Crippen LogP contribution in [0.1, 0.15) is 18.5 Å². The van der Waals surface area contributed by atoms with Gasteiger partial charge in [0.2, 0.25) is 5.91 Å². The van der Waals surface area contributed by atoms with Crippen LogP contribution in [0.3, 0.4) is 0 Å². The largest absolute Gasteiger partial charge is 0.378 e. The van der Waals surface area contributed by atoms with Crippen molar-refractivity contribution in [2.45, 2.75) is 25.5 Å². The summed E-state index contributed by atoms with van der Waals surface area (Å²) in [7, 11) is 0. The molecule has 24 heavy (non-hydrogen) atoms. The molecule has 2 saturated heterocycles. The zero-order valence-electron chi connectivity index (χ0n) is 13.8. The molecule has 1 atom stereocenters. The standard InChI is InChI=1S/C16H24N4O4/c21-16(11-23-10-14-2-1-5-24-14)17-9-13-8-15(19-12-18-13)20-3-6-22-7-4-20/h8,12,14H,1-7,9-11H2,(H,17,21)/t14-/m0/s1. The van der Waals surface area contributed by atoms with Crippen LogP contribution in [0, 0.1) is 0 Å². The third-order valence-electron chi connectivity index (χ3n) is 4.07. The molecule has 8 nitrogen and oxygen atoms in total. The molecule has 0 bridgehead atoms. The summed E-state index contributed by atoms with van der Waals surface area (Å²) in [5.74, 6) is 0.715. The van der Waals surface area contributed by atoms with Crippen LogP contribution in [0.4, 0.5) is 5.82 Å². The highest BCUT2D eigenvalue weighted by Crippen LogP contribution is 2.13. The minimum atomic E-state index is -0.153. The van der Waals surface area contributed by atoms with E-state index in [-0.39, 0.29) is 18.6 Å². The van der Waals surface area contributed by atoms with E-state index >= 15 is 0 Å². The zero-order chi connectivity index (χ0) is 16.6. The Balaban J connectivity index is 1.39. The lowest BCUT2D eigenvalue weighted by Crippen LogP contribution is -2.37. The molecule has 0 saturated carbocycles. The molecule has 132 valence electrons. The van der Waals surface area contributed by atoms with Gasteiger partial charge in [-0.1, -0.05) is 0 Å². The molecule has 2 fully saturated rings. The molecular weight excluding hydrogens is 312 g/mol. The highest BCUT2D eigenvalue weighted by molar-refractivity contribution is 5.77. The number of nitrogens with one attached hydrogen (secondary N) is 1. The number of morpholine rings is 1. The number of carbonyl (C=O) groups is 1. The Labute approximate surface area is 141 Å². The highest BCUT2D eigenvalue weighted by atomic mass is 16.5. The third-order valence-corrected chi connectivity index (χ3v) is 4.07. The van der Waals surface area contributed by atoms with Crippen molar-refractivity contribution in [2.75, 3.05) is 51.0 Å². The average molecular weight is 336 g/mol. The van der Waals surface area contributed by atoms with Gasteiger partial charge in [-0.3, -0.25) is 4.79 Å². The van der Waals surface area contributed by atoms with Crippen LogP contribution in [0.15, 0.2) is 12.4 Å². The molecule has 0 radical (unpaired) electrons. The molecule has 0 unspecified atom stereocenters. The average Bonchev–Trinajstić information content (AvgIpc) is 3.14. The first-order chi connectivity index (χ1) is 11.8. The van der Waals surface area contributed by atoms with E-state index in [2.05, 4.69) is 20.2 Å². The van der Waals surface area contributed by atoms with Gasteiger partial charge in [0, 0.05) is 25.8 Å². The number of aromatic nitrogens is 2. The van der Waals surface area contributed by atoms with Gasteiger partial charge in [-0.2, -0.15) is 0 Å². The Hall–Kier alpha value is -1.77. The van der Waals surface area contributed by atoms with E-state index in [4.69, 9.17) is 14.2 Å². The van der Waals surface area contributed by atoms with Crippen LogP contribution >= 0.6 is 0 Å². The topological polar surface area (TPSA) is 85.8 Å². The quantitative estimate of drug-likeness (QED) is 0.757. The lowest BCUT2D eigenvalue weighted by molar-refractivity contribution is -0.127. The van der Waals surface area contributed by atoms with Gasteiger partial charge in [0.1, 0.15) is 18.8 Å². The maximum atomic E-state index is 11.8. The minimum absolute atomic E-state index is 0.0429. The number of nitrogens with zero attached hydrogens (tertiary/aromatic N) is 3. The molecule has 1 aromatic rings. The second kappa shape index (κ2) is 8.91. The molecule has 3 heterocycles. The molecule has 0 spiro atoms. The van der Waals surface area contributed by atoms with E-state index in [9.17, 15) is 4.79 Å². The van der Waals surface area contributed by atoms with Gasteiger partial charge in [-0.05, 0) is 12.8 Å². The number of hydrogen-bond acceptors (Lipinski definition) is 7. The van der Waals surface area contributed by atoms with E-state index in [0.29, 0.717) is 26.4 Å². The Morgan fingerprint density at radius 1 is 1.33 bits per heavy atom. The number of ether oxygens (including phenoxy) is 3. The van der Waals surface area contributed by atoms with Crippen LogP contribution in [0.5, 0.6) is 0 Å². The van der Waals surface area contributed by atoms with Crippen LogP contribution in [0.25, 0.3) is 0 Å². The van der Waals surface area contributed by atoms with Gasteiger partial charge in [0.25, 0.3) is 0 Å². The van der Waals surface area contributed by atoms with Crippen molar-refractivity contribution in [1.82, 2.24) is 15.3 Å². The van der Waals surface area contributed by atoms with Crippen molar-refractivity contribution in [3.8, 4) is 0 Å². The molecule has 8 heteroatoms. The van der Waals surface area contributed by atoms with E-state index in [1.54, 1.807) is 0 Å². The number of hydrogen-bond donors (Lipinski definition) is 1. The van der Waals surface area contributed by atoms with Crippen molar-refractivity contribution < 1.29 is 19.0 Å². The summed E-state index contributed by atoms with van der Waals surface area (Å²) in [6.07, 6.45) is 3.74. The highest BCUT2D eigenvalue weighted by Gasteiger charge is 2.16. The van der Waals surface area contributed by atoms with Gasteiger partial charge in [-0.15, -0.1) is 0 Å². The minimum Gasteiger partial charge on any atom is -0.378 e. The smallest absolute Gasteiger partial charge is 0.246 e. The predicted octanol–water partition coefficient (Wildman–Crippen LogP) is 0.125. The number of rotatable bonds is 7. The second-order valence-corrected chi connectivity index (χ2v) is 5.89. The molecule has 0 aliphatic carbocycles. The van der Waals surface area contributed by atoms with Crippen molar-refractivity contribution in [3.05, 3.63) is 18.1 Å². The number of carbonyl (C=O) groups excluding carboxylic acids is 1. The monoisotopic (exact) mass is 336 g/mol. The summed E-state index contributed by atoms with van der Waals surface area (Å²) in [5.41, 5.74) is 0.777. The predicted molar refractivity (Wildman–Crippen MR) is 86.7 cm³/mol. The van der Waals surface area contributed by atoms with E-state index < -0.39 is 0 Å². The molecule has 1 amide bonds. The summed E-state index contributed by atoms with van der Waals surface area (Å²) in [4.78, 5) is 22.5. The molecule has 2 aliphatic rings. The SMILES string of the molecule is O=C(COC[C@@H]1CCCO1)NCc1cc(N2CCOCC2)ncn1. The van der Waals surface area contributed by atoms with Crippen LogP contribution in [-0.2, 0) is 25.5 Å². The molecule has 2 aliphatic heterocycles. The van der Waals surface area contributed by atoms with Gasteiger partial charge in [0.05, 0.1) is 38.2 Å². The third kappa shape index (κ3) is 5.12. The van der Waals surface area contributed by atoms with E-state index in [0.717, 1.165) is 44.0 Å². The first kappa shape index (κ1) is 17.1. The van der Waals surface area contributed by atoms with Gasteiger partial charge in [0.15, 0.2) is 0 Å². The maximum absolute atomic E-state index is 11.8. The fraction of sp³-hybridized carbons (Fsp3) is 0.688. The van der Waals surface area contributed by atoms with Crippen LogP contribution < -0.4 is 10.2 Å². The van der Waals surface area contributed by atoms with Gasteiger partial charge >= 0.3 is 0 Å². The van der Waals surface area contributed by atoms with Gasteiger partial charge < -0.3 is 24.4 Å². The van der Waals surface area contributed by atoms with Crippen LogP contribution in [-0.4, -0.2) is 68.1 Å². The van der Waals surface area contributed by atoms with Gasteiger partial charge in [-0.25, -0.2) is 9.97 Å². The Morgan fingerprint density at radius 3 is 3.00 bits per heavy atom. The fourth-order valence-corrected chi connectivity index (χ4v) is 2.75. The summed E-state index contributed by atoms with van der Waals surface area (Å²) in [5, 5.41) is 2.82. The number of amides is 1. The Kier molecular flexibility index (Phi) is 6.33. The van der Waals surface area contributed by atoms with Crippen molar-refractivity contribution in [2.24, 2.45) is 0 Å². The van der Waals surface area contributed by atoms with E-state index in [1.165, 1.54) is 6.33 Å². The first-order valence-electron chi connectivity index (χ1n) is 8.41.